The van der Waals surface area contributed by atoms with Crippen LogP contribution in [0.4, 0.5) is 0 Å². The van der Waals surface area contributed by atoms with E-state index in [-0.39, 0.29) is 0 Å². The van der Waals surface area contributed by atoms with Gasteiger partial charge in [-0.25, -0.2) is 0 Å². The van der Waals surface area contributed by atoms with Crippen LogP contribution in [-0.4, -0.2) is 29.9 Å². The number of hydrogen-bond acceptors (Lipinski definition) is 2. The molecule has 2 aliphatic rings. The molecule has 18 heavy (non-hydrogen) atoms. The predicted molar refractivity (Wildman–Crippen MR) is 71.2 cm³/mol. The second-order valence-electron chi connectivity index (χ2n) is 5.35. The van der Waals surface area contributed by atoms with Gasteiger partial charge in [-0.2, -0.15) is 0 Å². The third kappa shape index (κ3) is 1.93. The van der Waals surface area contributed by atoms with Crippen LogP contribution in [0.2, 0.25) is 0 Å². The Hall–Kier alpha value is -1.35. The van der Waals surface area contributed by atoms with Crippen LogP contribution < -0.4 is 5.32 Å². The quantitative estimate of drug-likeness (QED) is 0.815. The molecule has 0 aromatic heterocycles. The SMILES string of the molecule is CNC1Cc2ccccc2CN2C(=O)CCCC12. The van der Waals surface area contributed by atoms with E-state index < -0.39 is 0 Å². The Kier molecular flexibility index (Phi) is 3.08. The summed E-state index contributed by atoms with van der Waals surface area (Å²) in [4.78, 5) is 14.2. The molecule has 0 bridgehead atoms. The fourth-order valence-electron chi connectivity index (χ4n) is 3.33. The second-order valence-corrected chi connectivity index (χ2v) is 5.35. The molecule has 1 fully saturated rings. The Morgan fingerprint density at radius 3 is 2.83 bits per heavy atom. The van der Waals surface area contributed by atoms with E-state index in [0.717, 1.165) is 32.2 Å². The molecule has 1 amide bonds. The molecule has 2 aliphatic heterocycles. The predicted octanol–water partition coefficient (Wildman–Crippen LogP) is 1.71. The van der Waals surface area contributed by atoms with Gasteiger partial charge < -0.3 is 10.2 Å². The first kappa shape index (κ1) is 11.7. The number of fused-ring (bicyclic) bond motifs is 2. The van der Waals surface area contributed by atoms with Crippen molar-refractivity contribution in [1.29, 1.82) is 0 Å². The first-order valence-corrected chi connectivity index (χ1v) is 6.83. The van der Waals surface area contributed by atoms with Crippen LogP contribution in [0.3, 0.4) is 0 Å². The summed E-state index contributed by atoms with van der Waals surface area (Å²) in [6, 6.07) is 9.27. The average molecular weight is 244 g/mol. The van der Waals surface area contributed by atoms with Gasteiger partial charge in [-0.05, 0) is 37.4 Å². The number of carbonyl (C=O) groups is 1. The minimum atomic E-state index is 0.322. The maximum atomic E-state index is 12.2. The first-order valence-electron chi connectivity index (χ1n) is 6.83. The summed E-state index contributed by atoms with van der Waals surface area (Å²) in [6.45, 7) is 0.790. The molecule has 3 nitrogen and oxygen atoms in total. The van der Waals surface area contributed by atoms with Crippen molar-refractivity contribution in [3.8, 4) is 0 Å². The molecule has 2 heterocycles. The van der Waals surface area contributed by atoms with E-state index in [2.05, 4.69) is 34.5 Å². The summed E-state index contributed by atoms with van der Waals surface area (Å²) in [6.07, 6.45) is 3.91. The van der Waals surface area contributed by atoms with Gasteiger partial charge in [0.1, 0.15) is 0 Å². The zero-order valence-electron chi connectivity index (χ0n) is 10.9. The van der Waals surface area contributed by atoms with E-state index >= 15 is 0 Å². The first-order chi connectivity index (χ1) is 8.79. The zero-order valence-corrected chi connectivity index (χ0v) is 10.9. The number of piperidine rings is 1. The lowest BCUT2D eigenvalue weighted by molar-refractivity contribution is -0.137. The van der Waals surface area contributed by atoms with Crippen LogP contribution in [0.25, 0.3) is 0 Å². The summed E-state index contributed by atoms with van der Waals surface area (Å²) in [5.41, 5.74) is 2.70. The highest BCUT2D eigenvalue weighted by Crippen LogP contribution is 2.29. The Labute approximate surface area is 108 Å². The van der Waals surface area contributed by atoms with Gasteiger partial charge in [-0.15, -0.1) is 0 Å². The van der Waals surface area contributed by atoms with Crippen molar-refractivity contribution in [3.63, 3.8) is 0 Å². The van der Waals surface area contributed by atoms with Crippen LogP contribution in [0.1, 0.15) is 30.4 Å². The van der Waals surface area contributed by atoms with Gasteiger partial charge in [0.05, 0.1) is 0 Å². The highest BCUT2D eigenvalue weighted by Gasteiger charge is 2.35. The van der Waals surface area contributed by atoms with E-state index in [9.17, 15) is 4.79 Å². The lowest BCUT2D eigenvalue weighted by atomic mass is 9.93. The number of amides is 1. The van der Waals surface area contributed by atoms with E-state index in [0.29, 0.717) is 18.0 Å². The van der Waals surface area contributed by atoms with Crippen molar-refractivity contribution in [1.82, 2.24) is 10.2 Å². The molecular weight excluding hydrogens is 224 g/mol. The number of benzene rings is 1. The molecule has 0 saturated carbocycles. The molecule has 3 heteroatoms. The fraction of sp³-hybridized carbons (Fsp3) is 0.533. The van der Waals surface area contributed by atoms with Crippen molar-refractivity contribution in [3.05, 3.63) is 35.4 Å². The molecule has 2 atom stereocenters. The van der Waals surface area contributed by atoms with E-state index in [1.165, 1.54) is 11.1 Å². The maximum Gasteiger partial charge on any atom is 0.223 e. The van der Waals surface area contributed by atoms with Gasteiger partial charge in [-0.1, -0.05) is 24.3 Å². The fourth-order valence-corrected chi connectivity index (χ4v) is 3.33. The molecule has 0 radical (unpaired) electrons. The Morgan fingerprint density at radius 1 is 1.28 bits per heavy atom. The number of likely N-dealkylation sites (N-methyl/N-ethyl adjacent to an activating group) is 1. The van der Waals surface area contributed by atoms with Crippen molar-refractivity contribution < 1.29 is 4.79 Å². The molecular formula is C15H20N2O. The number of hydrogen-bond donors (Lipinski definition) is 1. The lowest BCUT2D eigenvalue weighted by Crippen LogP contribution is -2.52. The Bertz CT molecular complexity index is 458. The number of carbonyl (C=O) groups excluding carboxylic acids is 1. The van der Waals surface area contributed by atoms with Gasteiger partial charge in [0.2, 0.25) is 5.91 Å². The second kappa shape index (κ2) is 4.73. The van der Waals surface area contributed by atoms with Crippen LogP contribution in [0.15, 0.2) is 24.3 Å². The van der Waals surface area contributed by atoms with Gasteiger partial charge in [0, 0.05) is 25.0 Å². The van der Waals surface area contributed by atoms with Crippen molar-refractivity contribution in [2.45, 2.75) is 44.3 Å². The van der Waals surface area contributed by atoms with Crippen LogP contribution >= 0.6 is 0 Å². The largest absolute Gasteiger partial charge is 0.334 e. The van der Waals surface area contributed by atoms with Crippen LogP contribution in [-0.2, 0) is 17.8 Å². The van der Waals surface area contributed by atoms with Gasteiger partial charge in [0.25, 0.3) is 0 Å². The summed E-state index contributed by atoms with van der Waals surface area (Å²) in [7, 11) is 2.01. The molecule has 1 aromatic rings. The molecule has 0 spiro atoms. The molecule has 96 valence electrons. The average Bonchev–Trinajstić information content (AvgIpc) is 2.56. The third-order valence-electron chi connectivity index (χ3n) is 4.35. The maximum absolute atomic E-state index is 12.2. The third-order valence-corrected chi connectivity index (χ3v) is 4.35. The monoisotopic (exact) mass is 244 g/mol. The topological polar surface area (TPSA) is 32.3 Å². The van der Waals surface area contributed by atoms with Crippen LogP contribution in [0.5, 0.6) is 0 Å². The van der Waals surface area contributed by atoms with Crippen molar-refractivity contribution >= 4 is 5.91 Å². The molecule has 2 unspecified atom stereocenters. The number of rotatable bonds is 1. The Morgan fingerprint density at radius 2 is 2.06 bits per heavy atom. The smallest absolute Gasteiger partial charge is 0.223 e. The summed E-state index contributed by atoms with van der Waals surface area (Å²) >= 11 is 0. The minimum Gasteiger partial charge on any atom is -0.334 e. The lowest BCUT2D eigenvalue weighted by Gasteiger charge is -2.38. The van der Waals surface area contributed by atoms with E-state index in [1.54, 1.807) is 0 Å². The molecule has 1 saturated heterocycles. The molecule has 0 aliphatic carbocycles. The summed E-state index contributed by atoms with van der Waals surface area (Å²) in [5.74, 6) is 0.322. The summed E-state index contributed by atoms with van der Waals surface area (Å²) < 4.78 is 0. The van der Waals surface area contributed by atoms with Crippen molar-refractivity contribution in [2.24, 2.45) is 0 Å². The number of nitrogens with zero attached hydrogens (tertiary/aromatic N) is 1. The van der Waals surface area contributed by atoms with Gasteiger partial charge in [-0.3, -0.25) is 4.79 Å². The minimum absolute atomic E-state index is 0.322. The standard InChI is InChI=1S/C15H20N2O/c1-16-13-9-11-5-2-3-6-12(11)10-17-14(13)7-4-8-15(17)18/h2-3,5-6,13-14,16H,4,7-10H2,1H3. The molecule has 1 N–H and O–H groups in total. The summed E-state index contributed by atoms with van der Waals surface area (Å²) in [5, 5.41) is 3.41. The Balaban J connectivity index is 1.99. The van der Waals surface area contributed by atoms with E-state index in [4.69, 9.17) is 0 Å². The zero-order chi connectivity index (χ0) is 12.5. The van der Waals surface area contributed by atoms with Crippen LogP contribution in [0, 0.1) is 0 Å². The van der Waals surface area contributed by atoms with Crippen molar-refractivity contribution in [2.75, 3.05) is 7.05 Å². The van der Waals surface area contributed by atoms with Gasteiger partial charge >= 0.3 is 0 Å². The highest BCUT2D eigenvalue weighted by atomic mass is 16.2. The van der Waals surface area contributed by atoms with Gasteiger partial charge in [0.15, 0.2) is 0 Å². The van der Waals surface area contributed by atoms with E-state index in [1.807, 2.05) is 7.05 Å². The normalized spacial score (nSPS) is 27.4. The number of nitrogens with one attached hydrogen (secondary N) is 1. The molecule has 1 aromatic carbocycles. The highest BCUT2D eigenvalue weighted by molar-refractivity contribution is 5.77. The molecule has 3 rings (SSSR count).